The molecule has 0 unspecified atom stereocenters. The molecule has 0 aliphatic heterocycles. The van der Waals surface area contributed by atoms with Crippen molar-refractivity contribution in [1.82, 2.24) is 0 Å². The molecule has 188 valence electrons. The fourth-order valence-corrected chi connectivity index (χ4v) is 4.24. The number of hydrogen-bond donors (Lipinski definition) is 0. The summed E-state index contributed by atoms with van der Waals surface area (Å²) in [5, 5.41) is 0. The molecule has 0 aliphatic rings. The Bertz CT molecular complexity index is 1070. The highest BCUT2D eigenvalue weighted by atomic mass is 16.5. The summed E-state index contributed by atoms with van der Waals surface area (Å²) < 4.78 is 29.8. The number of aryl methyl sites for hydroxylation is 1. The van der Waals surface area contributed by atoms with Crippen LogP contribution in [0.1, 0.15) is 45.6 Å². The molecule has 3 rings (SSSR count). The molecule has 0 heterocycles. The molecular formula is C30H38O5. The number of methoxy groups -OCH3 is 3. The third-order valence-electron chi connectivity index (χ3n) is 5.77. The Kier molecular flexibility index (Phi) is 9.71. The Morgan fingerprint density at radius 2 is 1.20 bits per heavy atom. The highest BCUT2D eigenvalue weighted by Gasteiger charge is 2.25. The van der Waals surface area contributed by atoms with Crippen LogP contribution in [0.2, 0.25) is 0 Å². The normalized spacial score (nSPS) is 10.7. The van der Waals surface area contributed by atoms with Gasteiger partial charge < -0.3 is 23.7 Å². The first-order valence-corrected chi connectivity index (χ1v) is 12.4. The molecule has 0 aromatic heterocycles. The Morgan fingerprint density at radius 3 is 1.74 bits per heavy atom. The highest BCUT2D eigenvalue weighted by Crippen LogP contribution is 2.50. The Balaban J connectivity index is 2.45. The maximum absolute atomic E-state index is 6.46. The highest BCUT2D eigenvalue weighted by molar-refractivity contribution is 5.93. The molecule has 0 amide bonds. The lowest BCUT2D eigenvalue weighted by Gasteiger charge is -2.24. The van der Waals surface area contributed by atoms with Crippen LogP contribution in [0.5, 0.6) is 28.7 Å². The molecule has 0 bridgehead atoms. The SMILES string of the molecule is CCCOc1cc(CCC)c(OCCC)c(-c2ccccc2)c1-c1cc(OC)c(OC)c(OC)c1. The van der Waals surface area contributed by atoms with Gasteiger partial charge in [-0.2, -0.15) is 0 Å². The number of benzene rings is 3. The van der Waals surface area contributed by atoms with Crippen molar-refractivity contribution < 1.29 is 23.7 Å². The predicted octanol–water partition coefficient (Wildman–Crippen LogP) is 7.58. The van der Waals surface area contributed by atoms with E-state index in [-0.39, 0.29) is 0 Å². The molecule has 0 atom stereocenters. The minimum atomic E-state index is 0.557. The fourth-order valence-electron chi connectivity index (χ4n) is 4.24. The van der Waals surface area contributed by atoms with E-state index < -0.39 is 0 Å². The topological polar surface area (TPSA) is 46.2 Å². The van der Waals surface area contributed by atoms with Gasteiger partial charge in [0.05, 0.1) is 34.5 Å². The minimum absolute atomic E-state index is 0.557. The maximum atomic E-state index is 6.46. The molecule has 0 N–H and O–H groups in total. The number of ether oxygens (including phenoxy) is 5. The van der Waals surface area contributed by atoms with Crippen molar-refractivity contribution >= 4 is 0 Å². The van der Waals surface area contributed by atoms with E-state index in [0.717, 1.165) is 65.0 Å². The van der Waals surface area contributed by atoms with Crippen molar-refractivity contribution in [2.45, 2.75) is 46.5 Å². The van der Waals surface area contributed by atoms with Gasteiger partial charge >= 0.3 is 0 Å². The number of rotatable bonds is 13. The van der Waals surface area contributed by atoms with E-state index in [4.69, 9.17) is 23.7 Å². The fraction of sp³-hybridized carbons (Fsp3) is 0.400. The molecule has 0 saturated heterocycles. The minimum Gasteiger partial charge on any atom is -0.493 e. The van der Waals surface area contributed by atoms with Crippen molar-refractivity contribution in [3.05, 3.63) is 54.1 Å². The van der Waals surface area contributed by atoms with Gasteiger partial charge in [0.25, 0.3) is 0 Å². The van der Waals surface area contributed by atoms with Gasteiger partial charge in [0.1, 0.15) is 11.5 Å². The summed E-state index contributed by atoms with van der Waals surface area (Å²) in [5.41, 5.74) is 5.11. The van der Waals surface area contributed by atoms with Gasteiger partial charge in [-0.25, -0.2) is 0 Å². The van der Waals surface area contributed by atoms with Crippen molar-refractivity contribution in [1.29, 1.82) is 0 Å². The van der Waals surface area contributed by atoms with Gasteiger partial charge in [0.2, 0.25) is 5.75 Å². The summed E-state index contributed by atoms with van der Waals surface area (Å²) >= 11 is 0. The molecule has 3 aromatic carbocycles. The average Bonchev–Trinajstić information content (AvgIpc) is 2.90. The van der Waals surface area contributed by atoms with Crippen LogP contribution >= 0.6 is 0 Å². The lowest BCUT2D eigenvalue weighted by molar-refractivity contribution is 0.307. The van der Waals surface area contributed by atoms with E-state index >= 15 is 0 Å². The zero-order valence-electron chi connectivity index (χ0n) is 21.9. The second kappa shape index (κ2) is 12.9. The van der Waals surface area contributed by atoms with E-state index in [2.05, 4.69) is 51.1 Å². The standard InChI is InChI=1S/C30H38O5/c1-7-13-22-18-24(34-16-8-2)27(23-19-25(31-4)30(33-6)26(20-23)32-5)28(29(22)35-17-9-3)21-14-11-10-12-15-21/h10-12,14-15,18-20H,7-9,13,16-17H2,1-6H3. The van der Waals surface area contributed by atoms with Crippen molar-refractivity contribution in [3.8, 4) is 51.0 Å². The van der Waals surface area contributed by atoms with Crippen LogP contribution in [0.25, 0.3) is 22.3 Å². The molecule has 0 saturated carbocycles. The monoisotopic (exact) mass is 478 g/mol. The summed E-state index contributed by atoms with van der Waals surface area (Å²) in [5.74, 6) is 3.48. The quantitative estimate of drug-likeness (QED) is 0.253. The lowest BCUT2D eigenvalue weighted by Crippen LogP contribution is -2.06. The van der Waals surface area contributed by atoms with Gasteiger partial charge in [0.15, 0.2) is 11.5 Å². The zero-order valence-corrected chi connectivity index (χ0v) is 21.9. The molecule has 35 heavy (non-hydrogen) atoms. The molecule has 5 heteroatoms. The summed E-state index contributed by atoms with van der Waals surface area (Å²) in [7, 11) is 4.88. The van der Waals surface area contributed by atoms with E-state index in [1.54, 1.807) is 21.3 Å². The third kappa shape index (κ3) is 5.84. The second-order valence-corrected chi connectivity index (χ2v) is 8.34. The lowest BCUT2D eigenvalue weighted by atomic mass is 9.89. The van der Waals surface area contributed by atoms with Crippen molar-refractivity contribution in [2.24, 2.45) is 0 Å². The average molecular weight is 479 g/mol. The largest absolute Gasteiger partial charge is 0.493 e. The summed E-state index contributed by atoms with van der Waals surface area (Å²) in [6, 6.07) is 16.5. The predicted molar refractivity (Wildman–Crippen MR) is 143 cm³/mol. The number of hydrogen-bond acceptors (Lipinski definition) is 5. The molecule has 0 radical (unpaired) electrons. The van der Waals surface area contributed by atoms with E-state index in [1.165, 1.54) is 0 Å². The molecule has 0 fully saturated rings. The van der Waals surface area contributed by atoms with Gasteiger partial charge in [-0.1, -0.05) is 57.5 Å². The first-order chi connectivity index (χ1) is 17.1. The van der Waals surface area contributed by atoms with Gasteiger partial charge in [-0.15, -0.1) is 0 Å². The van der Waals surface area contributed by atoms with Gasteiger partial charge in [-0.05, 0) is 54.2 Å². The van der Waals surface area contributed by atoms with E-state index in [0.29, 0.717) is 30.5 Å². The maximum Gasteiger partial charge on any atom is 0.203 e. The first-order valence-electron chi connectivity index (χ1n) is 12.4. The molecule has 5 nitrogen and oxygen atoms in total. The Labute approximate surface area is 209 Å². The zero-order chi connectivity index (χ0) is 25.2. The first kappa shape index (κ1) is 26.3. The molecule has 0 spiro atoms. The van der Waals surface area contributed by atoms with Crippen LogP contribution in [0, 0.1) is 0 Å². The summed E-state index contributed by atoms with van der Waals surface area (Å²) in [6.45, 7) is 7.68. The van der Waals surface area contributed by atoms with Gasteiger partial charge in [-0.3, -0.25) is 0 Å². The molecule has 0 aliphatic carbocycles. The van der Waals surface area contributed by atoms with Crippen LogP contribution in [0.15, 0.2) is 48.5 Å². The van der Waals surface area contributed by atoms with E-state index in [9.17, 15) is 0 Å². The third-order valence-corrected chi connectivity index (χ3v) is 5.77. The Hall–Kier alpha value is -3.34. The molecule has 3 aromatic rings. The van der Waals surface area contributed by atoms with Crippen LogP contribution in [-0.2, 0) is 6.42 Å². The van der Waals surface area contributed by atoms with Crippen LogP contribution in [0.3, 0.4) is 0 Å². The van der Waals surface area contributed by atoms with Crippen molar-refractivity contribution in [2.75, 3.05) is 34.5 Å². The molecular weight excluding hydrogens is 440 g/mol. The summed E-state index contributed by atoms with van der Waals surface area (Å²) in [4.78, 5) is 0. The van der Waals surface area contributed by atoms with Crippen LogP contribution in [-0.4, -0.2) is 34.5 Å². The van der Waals surface area contributed by atoms with E-state index in [1.807, 2.05) is 18.2 Å². The smallest absolute Gasteiger partial charge is 0.203 e. The second-order valence-electron chi connectivity index (χ2n) is 8.34. The van der Waals surface area contributed by atoms with Crippen LogP contribution < -0.4 is 23.7 Å². The van der Waals surface area contributed by atoms with Gasteiger partial charge in [0, 0.05) is 11.1 Å². The Morgan fingerprint density at radius 1 is 0.571 bits per heavy atom. The van der Waals surface area contributed by atoms with Crippen LogP contribution in [0.4, 0.5) is 0 Å². The van der Waals surface area contributed by atoms with Crippen molar-refractivity contribution in [3.63, 3.8) is 0 Å². The summed E-state index contributed by atoms with van der Waals surface area (Å²) in [6.07, 6.45) is 3.74.